The van der Waals surface area contributed by atoms with Gasteiger partial charge in [0.05, 0.1) is 0 Å². The monoisotopic (exact) mass is 174 g/mol. The van der Waals surface area contributed by atoms with Crippen molar-refractivity contribution in [1.82, 2.24) is 5.32 Å². The molecule has 1 aliphatic heterocycles. The van der Waals surface area contributed by atoms with E-state index in [9.17, 15) is 0 Å². The van der Waals surface area contributed by atoms with Crippen LogP contribution in [0, 0.1) is 0 Å². The van der Waals surface area contributed by atoms with Crippen molar-refractivity contribution in [2.75, 3.05) is 0 Å². The van der Waals surface area contributed by atoms with Crippen LogP contribution in [0.4, 0.5) is 0 Å². The highest BCUT2D eigenvalue weighted by Gasteiger charge is 2.01. The van der Waals surface area contributed by atoms with Crippen LogP contribution in [-0.2, 0) is 0 Å². The summed E-state index contributed by atoms with van der Waals surface area (Å²) in [6.07, 6.45) is 3.69. The van der Waals surface area contributed by atoms with Gasteiger partial charge in [-0.15, -0.1) is 0 Å². The largest absolute Gasteiger partial charge is 0.263 e. The van der Waals surface area contributed by atoms with Crippen molar-refractivity contribution in [2.45, 2.75) is 0 Å². The van der Waals surface area contributed by atoms with Gasteiger partial charge in [-0.05, 0) is 11.0 Å². The van der Waals surface area contributed by atoms with Crippen molar-refractivity contribution >= 4 is 16.7 Å². The summed E-state index contributed by atoms with van der Waals surface area (Å²) in [6.45, 7) is 0. The Hall–Kier alpha value is -1.15. The summed E-state index contributed by atoms with van der Waals surface area (Å²) in [5.41, 5.74) is 1.23. The molecule has 2 heteroatoms. The predicted molar refractivity (Wildman–Crippen MR) is 53.3 cm³/mol. The Morgan fingerprint density at radius 1 is 1.08 bits per heavy atom. The Kier molecular flexibility index (Phi) is 2.19. The van der Waals surface area contributed by atoms with Gasteiger partial charge in [-0.1, -0.05) is 42.1 Å². The van der Waals surface area contributed by atoms with Gasteiger partial charge >= 0.3 is 0 Å². The Morgan fingerprint density at radius 2 is 1.92 bits per heavy atom. The summed E-state index contributed by atoms with van der Waals surface area (Å²) in [7, 11) is 0. The second kappa shape index (κ2) is 3.50. The van der Waals surface area contributed by atoms with Crippen LogP contribution in [0.1, 0.15) is 5.56 Å². The van der Waals surface area contributed by atoms with Gasteiger partial charge < -0.3 is 0 Å². The van der Waals surface area contributed by atoms with Gasteiger partial charge in [0.2, 0.25) is 0 Å². The summed E-state index contributed by atoms with van der Waals surface area (Å²) in [5, 5.41) is 6.06. The molecule has 1 radical (unpaired) electrons. The minimum Gasteiger partial charge on any atom is -0.263 e. The zero-order chi connectivity index (χ0) is 8.23. The lowest BCUT2D eigenvalue weighted by atomic mass is 10.2. The van der Waals surface area contributed by atoms with Crippen LogP contribution in [-0.4, -0.2) is 0 Å². The Labute approximate surface area is 76.2 Å². The molecule has 2 rings (SSSR count). The molecular formula is C10H8NS. The van der Waals surface area contributed by atoms with Crippen LogP contribution >= 0.6 is 11.8 Å². The van der Waals surface area contributed by atoms with Crippen LogP contribution in [0.3, 0.4) is 0 Å². The second-order valence-corrected chi connectivity index (χ2v) is 3.36. The van der Waals surface area contributed by atoms with Gasteiger partial charge in [0.1, 0.15) is 0 Å². The highest BCUT2D eigenvalue weighted by molar-refractivity contribution is 8.10. The number of nitrogens with zero attached hydrogens (tertiary/aromatic N) is 1. The van der Waals surface area contributed by atoms with Gasteiger partial charge in [0.25, 0.3) is 0 Å². The normalized spacial score (nSPS) is 15.2. The molecule has 0 fully saturated rings. The summed E-state index contributed by atoms with van der Waals surface area (Å²) in [4.78, 5) is 1.21. The average Bonchev–Trinajstić information content (AvgIpc) is 2.21. The Balaban J connectivity index is 2.26. The minimum absolute atomic E-state index is 1.21. The van der Waals surface area contributed by atoms with Crippen molar-refractivity contribution in [2.24, 2.45) is 0 Å². The third-order valence-corrected chi connectivity index (χ3v) is 2.44. The summed E-state index contributed by atoms with van der Waals surface area (Å²) in [6, 6.07) is 10.3. The summed E-state index contributed by atoms with van der Waals surface area (Å²) >= 11 is 1.70. The zero-order valence-corrected chi connectivity index (χ0v) is 7.29. The standard InChI is InChI=1S/C10H8NS/c1-2-4-9(5-3-1)10-8-11-6-7-12-10/h1-8H. The number of hydrogen-bond acceptors (Lipinski definition) is 1. The van der Waals surface area contributed by atoms with E-state index in [1.165, 1.54) is 10.5 Å². The first-order valence-electron chi connectivity index (χ1n) is 3.74. The molecule has 0 saturated heterocycles. The van der Waals surface area contributed by atoms with Crippen LogP contribution in [0.2, 0.25) is 0 Å². The highest BCUT2D eigenvalue weighted by Crippen LogP contribution is 2.29. The van der Waals surface area contributed by atoms with E-state index in [1.807, 2.05) is 29.8 Å². The smallest absolute Gasteiger partial charge is 0.0413 e. The first kappa shape index (κ1) is 7.50. The maximum Gasteiger partial charge on any atom is 0.0413 e. The molecule has 0 atom stereocenters. The van der Waals surface area contributed by atoms with E-state index in [0.717, 1.165) is 0 Å². The topological polar surface area (TPSA) is 14.1 Å². The minimum atomic E-state index is 1.21. The van der Waals surface area contributed by atoms with Gasteiger partial charge in [0.15, 0.2) is 0 Å². The third-order valence-electron chi connectivity index (χ3n) is 1.59. The number of thioether (sulfide) groups is 1. The van der Waals surface area contributed by atoms with Crippen molar-refractivity contribution in [3.05, 3.63) is 53.7 Å². The lowest BCUT2D eigenvalue weighted by Gasteiger charge is -2.06. The lowest BCUT2D eigenvalue weighted by molar-refractivity contribution is 1.18. The van der Waals surface area contributed by atoms with Crippen LogP contribution in [0.5, 0.6) is 0 Å². The molecule has 0 aromatic heterocycles. The van der Waals surface area contributed by atoms with E-state index in [4.69, 9.17) is 0 Å². The van der Waals surface area contributed by atoms with Gasteiger partial charge in [-0.2, -0.15) is 0 Å². The molecule has 0 aliphatic carbocycles. The van der Waals surface area contributed by atoms with Crippen LogP contribution in [0.25, 0.3) is 4.91 Å². The molecular weight excluding hydrogens is 166 g/mol. The molecule has 0 saturated carbocycles. The molecule has 1 heterocycles. The molecule has 0 N–H and O–H groups in total. The molecule has 0 bridgehead atoms. The Morgan fingerprint density at radius 3 is 2.58 bits per heavy atom. The molecule has 12 heavy (non-hydrogen) atoms. The molecule has 1 aromatic carbocycles. The van der Waals surface area contributed by atoms with Crippen molar-refractivity contribution in [3.63, 3.8) is 0 Å². The molecule has 0 spiro atoms. The van der Waals surface area contributed by atoms with Gasteiger partial charge in [-0.25, -0.2) is 0 Å². The molecule has 59 valence electrons. The zero-order valence-electron chi connectivity index (χ0n) is 6.47. The SMILES string of the molecule is C1=CSC(c2ccccc2)=C[N]1. The van der Waals surface area contributed by atoms with E-state index in [0.29, 0.717) is 0 Å². The van der Waals surface area contributed by atoms with Crippen molar-refractivity contribution in [1.29, 1.82) is 0 Å². The third kappa shape index (κ3) is 1.53. The number of benzene rings is 1. The summed E-state index contributed by atoms with van der Waals surface area (Å²) < 4.78 is 0. The number of rotatable bonds is 1. The molecule has 0 unspecified atom stereocenters. The van der Waals surface area contributed by atoms with Crippen molar-refractivity contribution < 1.29 is 0 Å². The maximum absolute atomic E-state index is 4.07. The van der Waals surface area contributed by atoms with E-state index in [2.05, 4.69) is 17.4 Å². The summed E-state index contributed by atoms with van der Waals surface area (Å²) in [5.74, 6) is 0. The fourth-order valence-corrected chi connectivity index (χ4v) is 1.70. The Bertz CT molecular complexity index is 314. The molecule has 1 aromatic rings. The lowest BCUT2D eigenvalue weighted by Crippen LogP contribution is -1.89. The number of hydrogen-bond donors (Lipinski definition) is 0. The van der Waals surface area contributed by atoms with E-state index < -0.39 is 0 Å². The van der Waals surface area contributed by atoms with E-state index in [1.54, 1.807) is 18.0 Å². The van der Waals surface area contributed by atoms with Gasteiger partial charge in [-0.3, -0.25) is 5.32 Å². The predicted octanol–water partition coefficient (Wildman–Crippen LogP) is 2.81. The second-order valence-electron chi connectivity index (χ2n) is 2.41. The quantitative estimate of drug-likeness (QED) is 0.638. The molecule has 1 aliphatic rings. The fraction of sp³-hybridized carbons (Fsp3) is 0. The van der Waals surface area contributed by atoms with E-state index in [-0.39, 0.29) is 0 Å². The van der Waals surface area contributed by atoms with Crippen molar-refractivity contribution in [3.8, 4) is 0 Å². The molecule has 0 amide bonds. The van der Waals surface area contributed by atoms with Gasteiger partial charge in [0, 0.05) is 17.3 Å². The van der Waals surface area contributed by atoms with E-state index >= 15 is 0 Å². The first-order valence-corrected chi connectivity index (χ1v) is 4.62. The first-order chi connectivity index (χ1) is 5.97. The maximum atomic E-state index is 4.07. The average molecular weight is 174 g/mol. The van der Waals surface area contributed by atoms with Crippen LogP contribution in [0.15, 0.2) is 48.1 Å². The highest BCUT2D eigenvalue weighted by atomic mass is 32.2. The molecule has 1 nitrogen and oxygen atoms in total. The fourth-order valence-electron chi connectivity index (χ4n) is 1.03. The van der Waals surface area contributed by atoms with Crippen LogP contribution < -0.4 is 5.32 Å².